The second kappa shape index (κ2) is 6.51. The van der Waals surface area contributed by atoms with Gasteiger partial charge in [0, 0.05) is 13.8 Å². The zero-order chi connectivity index (χ0) is 17.1. The van der Waals surface area contributed by atoms with Crippen LogP contribution in [0.2, 0.25) is 0 Å². The number of hydrogen-bond acceptors (Lipinski definition) is 7. The molecule has 1 heterocycles. The van der Waals surface area contributed by atoms with Crippen molar-refractivity contribution in [3.8, 4) is 17.2 Å². The van der Waals surface area contributed by atoms with E-state index < -0.39 is 17.6 Å². The lowest BCUT2D eigenvalue weighted by atomic mass is 10.2. The van der Waals surface area contributed by atoms with Crippen LogP contribution in [0.4, 0.5) is 0 Å². The van der Waals surface area contributed by atoms with Crippen LogP contribution in [-0.4, -0.2) is 18.0 Å². The number of para-hydroxylation sites is 1. The van der Waals surface area contributed by atoms with Gasteiger partial charge in [-0.1, -0.05) is 6.07 Å². The largest absolute Gasteiger partial charge is 0.481 e. The minimum absolute atomic E-state index is 0.0000520. The minimum atomic E-state index is -0.831. The first-order chi connectivity index (χ1) is 10.8. The number of fused-ring (bicyclic) bond motifs is 1. The zero-order valence-electron chi connectivity index (χ0n) is 13.2. The molecule has 0 aliphatic rings. The predicted molar refractivity (Wildman–Crippen MR) is 80.9 cm³/mol. The summed E-state index contributed by atoms with van der Waals surface area (Å²) < 4.78 is 20.8. The Kier molecular flexibility index (Phi) is 4.68. The molecule has 0 saturated heterocycles. The normalized spacial score (nSPS) is 10.7. The fourth-order valence-electron chi connectivity index (χ4n) is 1.97. The van der Waals surface area contributed by atoms with E-state index in [1.54, 1.807) is 26.0 Å². The summed E-state index contributed by atoms with van der Waals surface area (Å²) >= 11 is 0. The molecule has 0 saturated carbocycles. The van der Waals surface area contributed by atoms with Crippen molar-refractivity contribution in [1.29, 1.82) is 0 Å². The van der Waals surface area contributed by atoms with Crippen LogP contribution in [-0.2, 0) is 9.59 Å². The maximum Gasteiger partial charge on any atom is 0.383 e. The molecule has 7 nitrogen and oxygen atoms in total. The quantitative estimate of drug-likeness (QED) is 0.485. The summed E-state index contributed by atoms with van der Waals surface area (Å²) in [5.74, 6) is -1.41. The van der Waals surface area contributed by atoms with Crippen molar-refractivity contribution < 1.29 is 28.2 Å². The van der Waals surface area contributed by atoms with Gasteiger partial charge in [0.15, 0.2) is 17.1 Å². The fraction of sp³-hybridized carbons (Fsp3) is 0.312. The van der Waals surface area contributed by atoms with Crippen LogP contribution in [0.1, 0.15) is 27.7 Å². The van der Waals surface area contributed by atoms with E-state index in [2.05, 4.69) is 0 Å². The molecular formula is C16H16O7. The molecule has 1 aromatic heterocycles. The van der Waals surface area contributed by atoms with Crippen molar-refractivity contribution in [1.82, 2.24) is 0 Å². The topological polar surface area (TPSA) is 92.0 Å². The Morgan fingerprint density at radius 3 is 2.26 bits per heavy atom. The Bertz CT molecular complexity index is 817. The van der Waals surface area contributed by atoms with Crippen LogP contribution < -0.4 is 19.8 Å². The molecular weight excluding hydrogens is 304 g/mol. The molecule has 0 radical (unpaired) electrons. The van der Waals surface area contributed by atoms with Gasteiger partial charge in [-0.25, -0.2) is 4.79 Å². The van der Waals surface area contributed by atoms with Gasteiger partial charge in [0.2, 0.25) is 5.75 Å². The third-order valence-corrected chi connectivity index (χ3v) is 2.66. The first kappa shape index (κ1) is 16.5. The van der Waals surface area contributed by atoms with Gasteiger partial charge < -0.3 is 18.6 Å². The van der Waals surface area contributed by atoms with Gasteiger partial charge in [0.05, 0.1) is 11.5 Å². The Balaban J connectivity index is 2.78. The molecule has 0 fully saturated rings. The van der Waals surface area contributed by atoms with E-state index in [1.165, 1.54) is 19.9 Å². The van der Waals surface area contributed by atoms with E-state index >= 15 is 0 Å². The number of hydrogen-bond donors (Lipinski definition) is 0. The Morgan fingerprint density at radius 2 is 1.70 bits per heavy atom. The smallest absolute Gasteiger partial charge is 0.383 e. The third-order valence-electron chi connectivity index (χ3n) is 2.66. The lowest BCUT2D eigenvalue weighted by Gasteiger charge is -2.14. The highest BCUT2D eigenvalue weighted by molar-refractivity contribution is 5.93. The lowest BCUT2D eigenvalue weighted by Crippen LogP contribution is -2.16. The summed E-state index contributed by atoms with van der Waals surface area (Å²) in [4.78, 5) is 34.7. The fourth-order valence-corrected chi connectivity index (χ4v) is 1.97. The van der Waals surface area contributed by atoms with Crippen molar-refractivity contribution >= 4 is 22.9 Å². The van der Waals surface area contributed by atoms with E-state index in [0.717, 1.165) is 0 Å². The van der Waals surface area contributed by atoms with Crippen molar-refractivity contribution in [3.63, 3.8) is 0 Å². The summed E-state index contributed by atoms with van der Waals surface area (Å²) in [5, 5.41) is 0.286. The third kappa shape index (κ3) is 3.68. The van der Waals surface area contributed by atoms with Crippen molar-refractivity contribution in [2.45, 2.75) is 33.8 Å². The summed E-state index contributed by atoms with van der Waals surface area (Å²) in [6, 6.07) is 4.61. The van der Waals surface area contributed by atoms with Crippen LogP contribution >= 0.6 is 0 Å². The van der Waals surface area contributed by atoms with E-state index in [0.29, 0.717) is 0 Å². The number of ether oxygens (including phenoxy) is 3. The highest BCUT2D eigenvalue weighted by Gasteiger charge is 2.22. The summed E-state index contributed by atoms with van der Waals surface area (Å²) in [6.07, 6.45) is -0.332. The predicted octanol–water partition coefficient (Wildman–Crippen LogP) is 2.43. The van der Waals surface area contributed by atoms with Gasteiger partial charge in [-0.2, -0.15) is 0 Å². The molecule has 0 bridgehead atoms. The van der Waals surface area contributed by atoms with Crippen LogP contribution in [0.25, 0.3) is 11.0 Å². The Labute approximate surface area is 131 Å². The minimum Gasteiger partial charge on any atom is -0.481 e. The average Bonchev–Trinajstić information content (AvgIpc) is 2.42. The molecule has 0 amide bonds. The monoisotopic (exact) mass is 320 g/mol. The van der Waals surface area contributed by atoms with Crippen molar-refractivity contribution in [3.05, 3.63) is 28.6 Å². The van der Waals surface area contributed by atoms with Gasteiger partial charge in [-0.3, -0.25) is 9.59 Å². The van der Waals surface area contributed by atoms with E-state index in [-0.39, 0.29) is 34.3 Å². The van der Waals surface area contributed by atoms with Gasteiger partial charge in [0.1, 0.15) is 0 Å². The van der Waals surface area contributed by atoms with Gasteiger partial charge in [0.25, 0.3) is 0 Å². The maximum atomic E-state index is 12.2. The first-order valence-corrected chi connectivity index (χ1v) is 6.93. The van der Waals surface area contributed by atoms with E-state index in [1.807, 2.05) is 0 Å². The van der Waals surface area contributed by atoms with Crippen molar-refractivity contribution in [2.75, 3.05) is 0 Å². The molecule has 23 heavy (non-hydrogen) atoms. The second-order valence-electron chi connectivity index (χ2n) is 5.03. The van der Waals surface area contributed by atoms with Gasteiger partial charge in [-0.15, -0.1) is 0 Å². The maximum absolute atomic E-state index is 12.2. The van der Waals surface area contributed by atoms with Crippen LogP contribution in [0.3, 0.4) is 0 Å². The summed E-state index contributed by atoms with van der Waals surface area (Å²) in [7, 11) is 0. The molecule has 0 spiro atoms. The molecule has 2 rings (SSSR count). The average molecular weight is 320 g/mol. The standard InChI is InChI=1S/C16H16O7/c1-8(2)20-15-14(22-10(4)18)11-6-5-7-12(21-9(3)17)13(11)23-16(15)19/h5-8H,1-4H3. The summed E-state index contributed by atoms with van der Waals surface area (Å²) in [5.41, 5.74) is -0.831. The molecule has 7 heteroatoms. The molecule has 122 valence electrons. The number of carbonyl (C=O) groups is 2. The van der Waals surface area contributed by atoms with Gasteiger partial charge >= 0.3 is 17.6 Å². The number of benzene rings is 1. The molecule has 0 N–H and O–H groups in total. The number of rotatable bonds is 4. The molecule has 0 unspecified atom stereocenters. The molecule has 0 atom stereocenters. The Hall–Kier alpha value is -2.83. The SMILES string of the molecule is CC(=O)Oc1c(OC(C)C)c(=O)oc2c(OC(C)=O)cccc12. The van der Waals surface area contributed by atoms with Crippen LogP contribution in [0.5, 0.6) is 17.2 Å². The second-order valence-corrected chi connectivity index (χ2v) is 5.03. The molecule has 2 aromatic rings. The highest BCUT2D eigenvalue weighted by Crippen LogP contribution is 2.37. The lowest BCUT2D eigenvalue weighted by molar-refractivity contribution is -0.133. The van der Waals surface area contributed by atoms with E-state index in [9.17, 15) is 14.4 Å². The number of carbonyl (C=O) groups excluding carboxylic acids is 2. The number of esters is 2. The molecule has 1 aromatic carbocycles. The first-order valence-electron chi connectivity index (χ1n) is 6.93. The Morgan fingerprint density at radius 1 is 1.04 bits per heavy atom. The molecule has 0 aliphatic heterocycles. The zero-order valence-corrected chi connectivity index (χ0v) is 13.2. The molecule has 0 aliphatic carbocycles. The van der Waals surface area contributed by atoms with E-state index in [4.69, 9.17) is 18.6 Å². The summed E-state index contributed by atoms with van der Waals surface area (Å²) in [6.45, 7) is 5.86. The highest BCUT2D eigenvalue weighted by atomic mass is 16.6. The van der Waals surface area contributed by atoms with Crippen molar-refractivity contribution in [2.24, 2.45) is 0 Å². The van der Waals surface area contributed by atoms with Gasteiger partial charge in [-0.05, 0) is 26.0 Å². The van der Waals surface area contributed by atoms with Crippen LogP contribution in [0.15, 0.2) is 27.4 Å². The van der Waals surface area contributed by atoms with Crippen LogP contribution in [0, 0.1) is 0 Å².